The molecule has 0 bridgehead atoms. The van der Waals surface area contributed by atoms with Crippen LogP contribution >= 0.6 is 11.6 Å². The third kappa shape index (κ3) is 4.42. The Hall–Kier alpha value is -3.28. The Morgan fingerprint density at radius 3 is 2.31 bits per heavy atom. The van der Waals surface area contributed by atoms with Crippen LogP contribution in [-0.4, -0.2) is 11.1 Å². The Bertz CT molecular complexity index is 1000. The van der Waals surface area contributed by atoms with Crippen molar-refractivity contribution >= 4 is 23.6 Å². The van der Waals surface area contributed by atoms with Crippen LogP contribution in [0.25, 0.3) is 17.2 Å². The molecule has 0 heterocycles. The Labute approximate surface area is 157 Å². The van der Waals surface area contributed by atoms with Crippen molar-refractivity contribution in [3.8, 4) is 23.0 Å². The van der Waals surface area contributed by atoms with Gasteiger partial charge in [-0.15, -0.1) is 0 Å². The van der Waals surface area contributed by atoms with Crippen LogP contribution in [0.1, 0.15) is 21.5 Å². The van der Waals surface area contributed by atoms with Crippen LogP contribution in [0.3, 0.4) is 0 Å². The maximum Gasteiger partial charge on any atom is 0.335 e. The fourth-order valence-electron chi connectivity index (χ4n) is 2.49. The van der Waals surface area contributed by atoms with Crippen LogP contribution in [0.2, 0.25) is 5.02 Å². The number of allylic oxidation sites excluding steroid dienone is 1. The molecule has 2 nitrogen and oxygen atoms in total. The van der Waals surface area contributed by atoms with Gasteiger partial charge in [0.25, 0.3) is 0 Å². The summed E-state index contributed by atoms with van der Waals surface area (Å²) in [7, 11) is 0. The van der Waals surface area contributed by atoms with Crippen LogP contribution in [-0.2, 0) is 0 Å². The lowest BCUT2D eigenvalue weighted by atomic mass is 9.99. The molecular formula is C23H15ClO2. The van der Waals surface area contributed by atoms with Crippen molar-refractivity contribution in [2.45, 2.75) is 0 Å². The second-order valence-electron chi connectivity index (χ2n) is 5.58. The molecule has 0 atom stereocenters. The molecule has 0 fully saturated rings. The minimum absolute atomic E-state index is 0.253. The summed E-state index contributed by atoms with van der Waals surface area (Å²) in [6, 6.07) is 22.3. The van der Waals surface area contributed by atoms with E-state index in [-0.39, 0.29) is 5.56 Å². The number of halogens is 1. The Morgan fingerprint density at radius 1 is 0.923 bits per heavy atom. The van der Waals surface area contributed by atoms with Gasteiger partial charge in [-0.25, -0.2) is 4.79 Å². The van der Waals surface area contributed by atoms with Gasteiger partial charge in [0.1, 0.15) is 0 Å². The zero-order chi connectivity index (χ0) is 18.4. The standard InChI is InChI=1S/C23H15ClO2/c24-21-15-13-19(14-16-21)22-8-4-3-7-18(22)6-2-1-5-17-9-11-20(12-10-17)23(25)26/h2-4,6-16H,(H,25,26). The average Bonchev–Trinajstić information content (AvgIpc) is 2.67. The van der Waals surface area contributed by atoms with E-state index in [9.17, 15) is 4.79 Å². The van der Waals surface area contributed by atoms with E-state index in [1.165, 1.54) is 0 Å². The lowest BCUT2D eigenvalue weighted by Crippen LogP contribution is -1.94. The van der Waals surface area contributed by atoms with E-state index in [0.717, 1.165) is 22.3 Å². The number of hydrogen-bond acceptors (Lipinski definition) is 1. The average molecular weight is 359 g/mol. The van der Waals surface area contributed by atoms with Gasteiger partial charge in [0, 0.05) is 10.6 Å². The van der Waals surface area contributed by atoms with Gasteiger partial charge in [-0.1, -0.05) is 59.8 Å². The second kappa shape index (κ2) is 8.20. The summed E-state index contributed by atoms with van der Waals surface area (Å²) in [5.74, 6) is 5.05. The Morgan fingerprint density at radius 2 is 1.62 bits per heavy atom. The zero-order valence-electron chi connectivity index (χ0n) is 13.8. The lowest BCUT2D eigenvalue weighted by Gasteiger charge is -2.06. The molecule has 0 amide bonds. The van der Waals surface area contributed by atoms with Crippen molar-refractivity contribution in [2.24, 2.45) is 0 Å². The number of rotatable bonds is 3. The SMILES string of the molecule is O=C(O)c1ccc(C#CC=Cc2ccccc2-c2ccc(Cl)cc2)cc1. The minimum Gasteiger partial charge on any atom is -0.478 e. The highest BCUT2D eigenvalue weighted by molar-refractivity contribution is 6.30. The largest absolute Gasteiger partial charge is 0.478 e. The third-order valence-electron chi connectivity index (χ3n) is 3.81. The predicted octanol–water partition coefficient (Wildman–Crippen LogP) is 5.77. The van der Waals surface area contributed by atoms with E-state index in [2.05, 4.69) is 17.9 Å². The van der Waals surface area contributed by atoms with E-state index >= 15 is 0 Å². The molecule has 0 radical (unpaired) electrons. The highest BCUT2D eigenvalue weighted by Gasteiger charge is 2.02. The number of benzene rings is 3. The van der Waals surface area contributed by atoms with Crippen LogP contribution < -0.4 is 0 Å². The molecule has 0 aliphatic heterocycles. The van der Waals surface area contributed by atoms with Gasteiger partial charge >= 0.3 is 5.97 Å². The summed E-state index contributed by atoms with van der Waals surface area (Å²) in [6.45, 7) is 0. The van der Waals surface area contributed by atoms with Crippen LogP contribution in [0.5, 0.6) is 0 Å². The topological polar surface area (TPSA) is 37.3 Å². The van der Waals surface area contributed by atoms with E-state index in [4.69, 9.17) is 16.7 Å². The van der Waals surface area contributed by atoms with Crippen LogP contribution in [0.15, 0.2) is 78.9 Å². The predicted molar refractivity (Wildman–Crippen MR) is 106 cm³/mol. The number of hydrogen-bond donors (Lipinski definition) is 1. The van der Waals surface area contributed by atoms with Crippen molar-refractivity contribution in [1.29, 1.82) is 0 Å². The first-order valence-corrected chi connectivity index (χ1v) is 8.38. The normalized spacial score (nSPS) is 10.3. The zero-order valence-corrected chi connectivity index (χ0v) is 14.6. The second-order valence-corrected chi connectivity index (χ2v) is 6.02. The maximum atomic E-state index is 10.8. The molecule has 3 rings (SSSR count). The van der Waals surface area contributed by atoms with Crippen molar-refractivity contribution < 1.29 is 9.90 Å². The first kappa shape index (κ1) is 17.5. The van der Waals surface area contributed by atoms with Crippen LogP contribution in [0, 0.1) is 11.8 Å². The summed E-state index contributed by atoms with van der Waals surface area (Å²) < 4.78 is 0. The van der Waals surface area contributed by atoms with Crippen molar-refractivity contribution in [3.05, 3.63) is 101 Å². The molecule has 126 valence electrons. The molecule has 0 aliphatic rings. The minimum atomic E-state index is -0.941. The number of aromatic carboxylic acids is 1. The van der Waals surface area contributed by atoms with E-state index < -0.39 is 5.97 Å². The van der Waals surface area contributed by atoms with E-state index in [0.29, 0.717) is 5.02 Å². The third-order valence-corrected chi connectivity index (χ3v) is 4.06. The molecule has 0 saturated carbocycles. The molecule has 3 aromatic carbocycles. The fraction of sp³-hybridized carbons (Fsp3) is 0. The summed E-state index contributed by atoms with van der Waals surface area (Å²) in [5, 5.41) is 9.61. The Kier molecular flexibility index (Phi) is 5.53. The molecule has 0 saturated heterocycles. The van der Waals surface area contributed by atoms with E-state index in [1.807, 2.05) is 48.5 Å². The number of carboxylic acids is 1. The molecule has 0 unspecified atom stereocenters. The van der Waals surface area contributed by atoms with Gasteiger partial charge in [-0.3, -0.25) is 0 Å². The molecule has 3 heteroatoms. The highest BCUT2D eigenvalue weighted by Crippen LogP contribution is 2.25. The highest BCUT2D eigenvalue weighted by atomic mass is 35.5. The van der Waals surface area contributed by atoms with Crippen molar-refractivity contribution in [2.75, 3.05) is 0 Å². The van der Waals surface area contributed by atoms with Gasteiger partial charge in [0.15, 0.2) is 0 Å². The number of carboxylic acid groups (broad SMARTS) is 1. The first-order chi connectivity index (χ1) is 12.6. The van der Waals surface area contributed by atoms with Crippen molar-refractivity contribution in [1.82, 2.24) is 0 Å². The lowest BCUT2D eigenvalue weighted by molar-refractivity contribution is 0.0697. The molecule has 0 spiro atoms. The van der Waals surface area contributed by atoms with Gasteiger partial charge in [0.05, 0.1) is 5.56 Å². The maximum absolute atomic E-state index is 10.8. The molecule has 1 N–H and O–H groups in total. The van der Waals surface area contributed by atoms with Crippen LogP contribution in [0.4, 0.5) is 0 Å². The van der Waals surface area contributed by atoms with Gasteiger partial charge in [-0.05, 0) is 65.2 Å². The smallest absolute Gasteiger partial charge is 0.335 e. The van der Waals surface area contributed by atoms with Gasteiger partial charge in [0.2, 0.25) is 0 Å². The van der Waals surface area contributed by atoms with E-state index in [1.54, 1.807) is 30.3 Å². The molecular weight excluding hydrogens is 344 g/mol. The first-order valence-electron chi connectivity index (χ1n) is 8.00. The molecule has 0 aromatic heterocycles. The summed E-state index contributed by atoms with van der Waals surface area (Å²) in [4.78, 5) is 10.8. The fourth-order valence-corrected chi connectivity index (χ4v) is 2.61. The molecule has 3 aromatic rings. The summed E-state index contributed by atoms with van der Waals surface area (Å²) in [5.41, 5.74) is 4.28. The van der Waals surface area contributed by atoms with Gasteiger partial charge < -0.3 is 5.11 Å². The molecule has 0 aliphatic carbocycles. The summed E-state index contributed by atoms with van der Waals surface area (Å²) in [6.07, 6.45) is 3.75. The quantitative estimate of drug-likeness (QED) is 0.603. The monoisotopic (exact) mass is 358 g/mol. The van der Waals surface area contributed by atoms with Crippen molar-refractivity contribution in [3.63, 3.8) is 0 Å². The summed E-state index contributed by atoms with van der Waals surface area (Å²) >= 11 is 5.96. The van der Waals surface area contributed by atoms with Gasteiger partial charge in [-0.2, -0.15) is 0 Å². The molecule has 26 heavy (non-hydrogen) atoms. The number of carbonyl (C=O) groups is 1. The Balaban J connectivity index is 1.80.